The lowest BCUT2D eigenvalue weighted by molar-refractivity contribution is -0.121. The maximum absolute atomic E-state index is 11.6. The van der Waals surface area contributed by atoms with Gasteiger partial charge < -0.3 is 0 Å². The summed E-state index contributed by atoms with van der Waals surface area (Å²) in [6.07, 6.45) is -0.239. The Morgan fingerprint density at radius 1 is 1.44 bits per heavy atom. The molecule has 0 aromatic carbocycles. The Morgan fingerprint density at radius 3 is 2.89 bits per heavy atom. The second-order valence-corrected chi connectivity index (χ2v) is 3.81. The Balaban J connectivity index is 2.15. The van der Waals surface area contributed by atoms with Crippen LogP contribution in [0, 0.1) is 11.3 Å². The van der Waals surface area contributed by atoms with Crippen molar-refractivity contribution in [3.8, 4) is 6.07 Å². The molecule has 2 N–H and O–H groups in total. The topological polar surface area (TPSA) is 109 Å². The van der Waals surface area contributed by atoms with Crippen LogP contribution in [-0.4, -0.2) is 15.3 Å². The molecule has 8 heteroatoms. The molecule has 94 valence electrons. The first-order valence-corrected chi connectivity index (χ1v) is 5.37. The standard InChI is InChI=1S/C10H11N5O3/c11-5-3-8(16)13-12-7-4-6-14-9(17)1-2-10(18)15(7)14/h1-2,7,12H,3-4,6H2,(H,13,16). The molecule has 18 heavy (non-hydrogen) atoms. The first kappa shape index (κ1) is 12.1. The van der Waals surface area contributed by atoms with Crippen LogP contribution in [0.4, 0.5) is 0 Å². The van der Waals surface area contributed by atoms with E-state index in [9.17, 15) is 14.4 Å². The molecule has 0 spiro atoms. The van der Waals surface area contributed by atoms with Crippen LogP contribution in [0.15, 0.2) is 21.7 Å². The van der Waals surface area contributed by atoms with E-state index in [0.717, 1.165) is 0 Å². The highest BCUT2D eigenvalue weighted by Crippen LogP contribution is 2.11. The fourth-order valence-electron chi connectivity index (χ4n) is 1.85. The van der Waals surface area contributed by atoms with Crippen molar-refractivity contribution >= 4 is 5.91 Å². The van der Waals surface area contributed by atoms with Crippen LogP contribution >= 0.6 is 0 Å². The highest BCUT2D eigenvalue weighted by molar-refractivity contribution is 5.77. The summed E-state index contributed by atoms with van der Waals surface area (Å²) in [5.41, 5.74) is 4.39. The number of nitriles is 1. The maximum Gasteiger partial charge on any atom is 0.266 e. The third-order valence-corrected chi connectivity index (χ3v) is 2.64. The monoisotopic (exact) mass is 249 g/mol. The number of carbonyl (C=O) groups is 1. The number of aromatic nitrogens is 2. The van der Waals surface area contributed by atoms with Gasteiger partial charge in [-0.05, 0) is 0 Å². The molecule has 1 aromatic heterocycles. The van der Waals surface area contributed by atoms with Gasteiger partial charge in [-0.3, -0.25) is 19.8 Å². The summed E-state index contributed by atoms with van der Waals surface area (Å²) in [6.45, 7) is 0.403. The van der Waals surface area contributed by atoms with E-state index in [4.69, 9.17) is 5.26 Å². The average molecular weight is 249 g/mol. The molecular weight excluding hydrogens is 238 g/mol. The Bertz CT molecular complexity index is 624. The zero-order chi connectivity index (χ0) is 13.1. The number of rotatable bonds is 3. The molecule has 1 amide bonds. The molecule has 1 aliphatic heterocycles. The first-order valence-electron chi connectivity index (χ1n) is 5.37. The summed E-state index contributed by atoms with van der Waals surface area (Å²) in [7, 11) is 0. The van der Waals surface area contributed by atoms with Gasteiger partial charge in [0.1, 0.15) is 12.6 Å². The zero-order valence-electron chi connectivity index (χ0n) is 9.42. The summed E-state index contributed by atoms with van der Waals surface area (Å²) in [6, 6.07) is 4.11. The van der Waals surface area contributed by atoms with Gasteiger partial charge in [0, 0.05) is 25.1 Å². The van der Waals surface area contributed by atoms with Crippen LogP contribution in [0.1, 0.15) is 19.0 Å². The molecule has 0 aliphatic carbocycles. The molecule has 2 heterocycles. The molecule has 1 atom stereocenters. The van der Waals surface area contributed by atoms with E-state index in [2.05, 4.69) is 10.9 Å². The normalized spacial score (nSPS) is 16.9. The molecule has 0 bridgehead atoms. The molecule has 8 nitrogen and oxygen atoms in total. The summed E-state index contributed by atoms with van der Waals surface area (Å²) in [5.74, 6) is -0.484. The van der Waals surface area contributed by atoms with E-state index in [-0.39, 0.29) is 17.5 Å². The van der Waals surface area contributed by atoms with Gasteiger partial charge in [-0.25, -0.2) is 14.8 Å². The van der Waals surface area contributed by atoms with Crippen LogP contribution < -0.4 is 22.0 Å². The van der Waals surface area contributed by atoms with Crippen molar-refractivity contribution in [3.05, 3.63) is 32.8 Å². The van der Waals surface area contributed by atoms with Crippen molar-refractivity contribution in [2.45, 2.75) is 25.6 Å². The summed E-state index contributed by atoms with van der Waals surface area (Å²) < 4.78 is 2.57. The number of nitrogens with one attached hydrogen (secondary N) is 2. The van der Waals surface area contributed by atoms with Crippen LogP contribution in [0.2, 0.25) is 0 Å². The first-order chi connectivity index (χ1) is 8.63. The minimum Gasteiger partial charge on any atom is -0.289 e. The van der Waals surface area contributed by atoms with Crippen molar-refractivity contribution in [1.29, 1.82) is 5.26 Å². The van der Waals surface area contributed by atoms with E-state index in [1.54, 1.807) is 6.07 Å². The van der Waals surface area contributed by atoms with Gasteiger partial charge in [0.15, 0.2) is 0 Å². The minimum atomic E-state index is -0.484. The number of hydrazine groups is 1. The molecule has 0 radical (unpaired) electrons. The van der Waals surface area contributed by atoms with Crippen LogP contribution in [-0.2, 0) is 11.3 Å². The third-order valence-electron chi connectivity index (χ3n) is 2.64. The number of nitrogens with zero attached hydrogens (tertiary/aromatic N) is 3. The molecule has 2 rings (SSSR count). The predicted molar refractivity (Wildman–Crippen MR) is 60.1 cm³/mol. The van der Waals surface area contributed by atoms with Gasteiger partial charge in [0.05, 0.1) is 6.07 Å². The van der Waals surface area contributed by atoms with E-state index in [0.29, 0.717) is 13.0 Å². The van der Waals surface area contributed by atoms with Gasteiger partial charge in [-0.2, -0.15) is 5.26 Å². The van der Waals surface area contributed by atoms with Crippen LogP contribution in [0.5, 0.6) is 0 Å². The van der Waals surface area contributed by atoms with Crippen molar-refractivity contribution in [2.24, 2.45) is 0 Å². The van der Waals surface area contributed by atoms with Crippen molar-refractivity contribution in [3.63, 3.8) is 0 Å². The maximum atomic E-state index is 11.6. The quantitative estimate of drug-likeness (QED) is 0.630. The Hall–Kier alpha value is -2.40. The number of hydrogen-bond acceptors (Lipinski definition) is 5. The van der Waals surface area contributed by atoms with Gasteiger partial charge in [0.2, 0.25) is 5.91 Å². The van der Waals surface area contributed by atoms with Crippen molar-refractivity contribution in [2.75, 3.05) is 0 Å². The average Bonchev–Trinajstić information content (AvgIpc) is 2.77. The fraction of sp³-hybridized carbons (Fsp3) is 0.400. The Labute approximate surface area is 101 Å². The van der Waals surface area contributed by atoms with Gasteiger partial charge >= 0.3 is 0 Å². The number of carbonyl (C=O) groups excluding carboxylic acids is 1. The lowest BCUT2D eigenvalue weighted by atomic mass is 10.4. The largest absolute Gasteiger partial charge is 0.289 e. The predicted octanol–water partition coefficient (Wildman–Crippen LogP) is -1.55. The van der Waals surface area contributed by atoms with Gasteiger partial charge in [-0.15, -0.1) is 0 Å². The third kappa shape index (κ3) is 2.16. The Kier molecular flexibility index (Phi) is 3.25. The van der Waals surface area contributed by atoms with Crippen molar-refractivity contribution < 1.29 is 4.79 Å². The SMILES string of the molecule is N#CCC(=O)NNC1CCn2c(=O)ccc(=O)n21. The highest BCUT2D eigenvalue weighted by atomic mass is 16.2. The van der Waals surface area contributed by atoms with Crippen molar-refractivity contribution in [1.82, 2.24) is 20.2 Å². The van der Waals surface area contributed by atoms with E-state index >= 15 is 0 Å². The lowest BCUT2D eigenvalue weighted by Crippen LogP contribution is -2.45. The fourth-order valence-corrected chi connectivity index (χ4v) is 1.85. The summed E-state index contributed by atoms with van der Waals surface area (Å²) in [5, 5.41) is 8.33. The van der Waals surface area contributed by atoms with Crippen LogP contribution in [0.25, 0.3) is 0 Å². The number of hydrogen-bond donors (Lipinski definition) is 2. The zero-order valence-corrected chi connectivity index (χ0v) is 9.42. The molecule has 1 aliphatic rings. The smallest absolute Gasteiger partial charge is 0.266 e. The molecule has 0 saturated carbocycles. The van der Waals surface area contributed by atoms with Crippen LogP contribution in [0.3, 0.4) is 0 Å². The molecule has 0 fully saturated rings. The van der Waals surface area contributed by atoms with Gasteiger partial charge in [0.25, 0.3) is 11.1 Å². The molecule has 1 unspecified atom stereocenters. The van der Waals surface area contributed by atoms with E-state index < -0.39 is 12.1 Å². The lowest BCUT2D eigenvalue weighted by Gasteiger charge is -2.15. The Morgan fingerprint density at radius 2 is 2.17 bits per heavy atom. The molecule has 1 aromatic rings. The summed E-state index contributed by atoms with van der Waals surface area (Å²) in [4.78, 5) is 34.2. The van der Waals surface area contributed by atoms with E-state index in [1.165, 1.54) is 21.5 Å². The number of amides is 1. The number of fused-ring (bicyclic) bond motifs is 1. The second-order valence-electron chi connectivity index (χ2n) is 3.81. The molecular formula is C10H11N5O3. The summed E-state index contributed by atoms with van der Waals surface area (Å²) >= 11 is 0. The second kappa shape index (κ2) is 4.85. The molecule has 0 saturated heterocycles. The minimum absolute atomic E-state index is 0.262. The highest BCUT2D eigenvalue weighted by Gasteiger charge is 2.23. The van der Waals surface area contributed by atoms with E-state index in [1.807, 2.05) is 0 Å². The van der Waals surface area contributed by atoms with Gasteiger partial charge in [-0.1, -0.05) is 0 Å².